The Kier molecular flexibility index (Phi) is 4.61. The van der Waals surface area contributed by atoms with E-state index in [2.05, 4.69) is 32.5 Å². The number of ether oxygens (including phenoxy) is 1. The lowest BCUT2D eigenvalue weighted by molar-refractivity contribution is -0.206. The molecule has 0 aromatic carbocycles. The zero-order valence-electron chi connectivity index (χ0n) is 23.3. The van der Waals surface area contributed by atoms with Crippen LogP contribution in [-0.4, -0.2) is 29.0 Å². The van der Waals surface area contributed by atoms with E-state index >= 15 is 0 Å². The number of esters is 1. The first kappa shape index (κ1) is 25.5. The van der Waals surface area contributed by atoms with Gasteiger partial charge in [0.2, 0.25) is 11.6 Å². The van der Waals surface area contributed by atoms with Crippen molar-refractivity contribution < 1.29 is 23.9 Å². The molecule has 6 rings (SSSR count). The van der Waals surface area contributed by atoms with E-state index in [1.165, 1.54) is 0 Å². The molecule has 3 saturated carbocycles. The smallest absolute Gasteiger partial charge is 0.313 e. The Morgan fingerprint density at radius 3 is 2.29 bits per heavy atom. The Hall–Kier alpha value is -2.75. The maximum absolute atomic E-state index is 14.6. The Morgan fingerprint density at radius 1 is 1.00 bits per heavy atom. The summed E-state index contributed by atoms with van der Waals surface area (Å²) < 4.78 is 6.42. The lowest BCUT2D eigenvalue weighted by Gasteiger charge is -2.68. The lowest BCUT2D eigenvalue weighted by atomic mass is 9.33. The minimum Gasteiger partial charge on any atom is -0.449 e. The van der Waals surface area contributed by atoms with Crippen molar-refractivity contribution in [2.24, 2.45) is 50.1 Å². The summed E-state index contributed by atoms with van der Waals surface area (Å²) in [6.45, 7) is 20.0. The van der Waals surface area contributed by atoms with Crippen molar-refractivity contribution in [2.75, 3.05) is 0 Å². The van der Waals surface area contributed by atoms with Crippen molar-refractivity contribution in [2.45, 2.75) is 92.1 Å². The average Bonchev–Trinajstić information content (AvgIpc) is 3.03. The molecule has 1 saturated heterocycles. The molecule has 202 valence electrons. The van der Waals surface area contributed by atoms with E-state index in [-0.39, 0.29) is 28.8 Å². The predicted molar refractivity (Wildman–Crippen MR) is 139 cm³/mol. The number of Topliss-reactive ketones (excluding diaryl/α,β-unsaturated/α-hetero) is 1. The summed E-state index contributed by atoms with van der Waals surface area (Å²) in [7, 11) is 0. The number of nitrogens with zero attached hydrogens (tertiary/aromatic N) is 1. The van der Waals surface area contributed by atoms with Crippen LogP contribution in [0.4, 0.5) is 0 Å². The number of hydrogen-bond acceptors (Lipinski definition) is 5. The van der Waals surface area contributed by atoms with E-state index in [1.807, 2.05) is 6.92 Å². The van der Waals surface area contributed by atoms with Gasteiger partial charge < -0.3 is 15.3 Å². The molecule has 1 amide bonds. The van der Waals surface area contributed by atoms with E-state index in [0.29, 0.717) is 25.7 Å². The molecule has 4 fully saturated rings. The van der Waals surface area contributed by atoms with Gasteiger partial charge in [-0.3, -0.25) is 14.4 Å². The molecule has 6 aliphatic rings. The number of fused-ring (bicyclic) bond motifs is 4. The van der Waals surface area contributed by atoms with Crippen LogP contribution in [0.25, 0.3) is 4.85 Å². The normalized spacial score (nSPS) is 50.3. The molecule has 1 aliphatic heterocycles. The van der Waals surface area contributed by atoms with Crippen molar-refractivity contribution in [1.82, 2.24) is 0 Å². The zero-order chi connectivity index (χ0) is 27.9. The third-order valence-corrected chi connectivity index (χ3v) is 12.9. The first-order valence-electron chi connectivity index (χ1n) is 14.0. The third-order valence-electron chi connectivity index (χ3n) is 12.9. The van der Waals surface area contributed by atoms with E-state index in [1.54, 1.807) is 19.1 Å². The second-order valence-electron chi connectivity index (χ2n) is 14.7. The van der Waals surface area contributed by atoms with Crippen molar-refractivity contribution in [3.63, 3.8) is 0 Å². The molecule has 2 bridgehead atoms. The van der Waals surface area contributed by atoms with Gasteiger partial charge in [-0.2, -0.15) is 0 Å². The van der Waals surface area contributed by atoms with Crippen LogP contribution < -0.4 is 5.73 Å². The Bertz CT molecular complexity index is 1350. The van der Waals surface area contributed by atoms with Gasteiger partial charge in [-0.25, -0.2) is 4.85 Å². The fourth-order valence-corrected chi connectivity index (χ4v) is 10.4. The van der Waals surface area contributed by atoms with E-state index in [9.17, 15) is 19.2 Å². The van der Waals surface area contributed by atoms with Crippen LogP contribution in [0.15, 0.2) is 23.4 Å². The van der Waals surface area contributed by atoms with Gasteiger partial charge in [-0.15, -0.1) is 0 Å². The maximum atomic E-state index is 14.6. The van der Waals surface area contributed by atoms with Gasteiger partial charge in [-0.1, -0.05) is 46.3 Å². The monoisotopic (exact) mass is 518 g/mol. The van der Waals surface area contributed by atoms with E-state index in [4.69, 9.17) is 17.0 Å². The fraction of sp³-hybridized carbons (Fsp3) is 0.710. The summed E-state index contributed by atoms with van der Waals surface area (Å²) in [4.78, 5) is 57.9. The second kappa shape index (κ2) is 6.87. The van der Waals surface area contributed by atoms with Crippen LogP contribution in [-0.2, 0) is 23.9 Å². The molecule has 38 heavy (non-hydrogen) atoms. The summed E-state index contributed by atoms with van der Waals surface area (Å²) in [6.07, 6.45) is 8.35. The molecule has 0 unspecified atom stereocenters. The topological polar surface area (TPSA) is 108 Å². The summed E-state index contributed by atoms with van der Waals surface area (Å²) in [5, 5.41) is 0. The minimum absolute atomic E-state index is 0.00249. The quantitative estimate of drug-likeness (QED) is 0.307. The highest BCUT2D eigenvalue weighted by atomic mass is 16.6. The van der Waals surface area contributed by atoms with Gasteiger partial charge >= 0.3 is 5.97 Å². The minimum atomic E-state index is -1.54. The summed E-state index contributed by atoms with van der Waals surface area (Å²) in [5.74, 6) is -2.32. The molecule has 1 heterocycles. The second-order valence-corrected chi connectivity index (χ2v) is 14.7. The van der Waals surface area contributed by atoms with Crippen molar-refractivity contribution in [1.29, 1.82) is 0 Å². The zero-order valence-corrected chi connectivity index (χ0v) is 23.3. The standard InChI is InChI=1S/C31H38N2O5/c1-25(2)10-12-30-13-11-28(5)27(4)9-8-18-26(3,15-17(33-7)22(35)29(18,6)23(32)36)19(27)14-21(34)31(28,20(30)16-25)38-24(30)37/h14-15,18,20H,8-13,16H2,1-6H3,(H2,32,36)/t18-,20-,26+,27-,28+,29+,30+,31-/m1/s1. The van der Waals surface area contributed by atoms with E-state index in [0.717, 1.165) is 24.8 Å². The molecule has 5 aliphatic carbocycles. The number of amides is 1. The highest BCUT2D eigenvalue weighted by molar-refractivity contribution is 6.15. The van der Waals surface area contributed by atoms with Gasteiger partial charge in [0.1, 0.15) is 5.41 Å². The van der Waals surface area contributed by atoms with Gasteiger partial charge in [-0.05, 0) is 74.7 Å². The largest absolute Gasteiger partial charge is 0.449 e. The Labute approximate surface area is 224 Å². The molecule has 1 spiro atoms. The SMILES string of the molecule is [C-]#[N+]C1=C[C@]2(C)C3=CC(=O)[C@]45OC(=O)[C@@]6(CCC(C)(C)C[C@H]64)CC[C@@]5(C)[C@]3(C)CC[C@H]2[C@](C)(C(N)=O)C1=O. The number of nitrogens with two attached hydrogens (primary N) is 1. The predicted octanol–water partition coefficient (Wildman–Crippen LogP) is 4.70. The number of rotatable bonds is 1. The number of allylic oxidation sites excluding steroid dienone is 3. The first-order chi connectivity index (χ1) is 17.5. The van der Waals surface area contributed by atoms with Crippen LogP contribution in [0.5, 0.6) is 0 Å². The van der Waals surface area contributed by atoms with Gasteiger partial charge in [0, 0.05) is 16.7 Å². The van der Waals surface area contributed by atoms with Gasteiger partial charge in [0.05, 0.1) is 12.0 Å². The molecule has 8 atom stereocenters. The van der Waals surface area contributed by atoms with Crippen LogP contribution in [0.3, 0.4) is 0 Å². The summed E-state index contributed by atoms with van der Waals surface area (Å²) in [6, 6.07) is 0. The summed E-state index contributed by atoms with van der Waals surface area (Å²) in [5.41, 5.74) is 1.12. The lowest BCUT2D eigenvalue weighted by Crippen LogP contribution is -2.72. The molecule has 0 aromatic rings. The summed E-state index contributed by atoms with van der Waals surface area (Å²) >= 11 is 0. The number of ketones is 2. The van der Waals surface area contributed by atoms with Crippen LogP contribution in [0.1, 0.15) is 86.5 Å². The number of hydrogen-bond donors (Lipinski definition) is 1. The maximum Gasteiger partial charge on any atom is 0.313 e. The Morgan fingerprint density at radius 2 is 1.66 bits per heavy atom. The molecule has 7 nitrogen and oxygen atoms in total. The van der Waals surface area contributed by atoms with Crippen molar-refractivity contribution in [3.05, 3.63) is 34.8 Å². The Balaban J connectivity index is 1.60. The third kappa shape index (κ3) is 2.39. The van der Waals surface area contributed by atoms with Crippen molar-refractivity contribution >= 4 is 23.4 Å². The highest BCUT2D eigenvalue weighted by Gasteiger charge is 2.82. The molecular formula is C31H38N2O5. The van der Waals surface area contributed by atoms with Crippen LogP contribution >= 0.6 is 0 Å². The molecule has 0 radical (unpaired) electrons. The number of carbonyl (C=O) groups is 4. The highest BCUT2D eigenvalue weighted by Crippen LogP contribution is 2.78. The molecule has 7 heteroatoms. The van der Waals surface area contributed by atoms with Crippen LogP contribution in [0.2, 0.25) is 0 Å². The molecule has 2 N–H and O–H groups in total. The van der Waals surface area contributed by atoms with E-state index < -0.39 is 50.3 Å². The van der Waals surface area contributed by atoms with Crippen molar-refractivity contribution in [3.8, 4) is 0 Å². The molecular weight excluding hydrogens is 480 g/mol. The number of carbonyl (C=O) groups excluding carboxylic acids is 4. The average molecular weight is 519 g/mol. The fourth-order valence-electron chi connectivity index (χ4n) is 10.4. The molecule has 0 aromatic heterocycles. The van der Waals surface area contributed by atoms with Gasteiger partial charge in [0.25, 0.3) is 0 Å². The number of primary amides is 1. The first-order valence-corrected chi connectivity index (χ1v) is 14.0. The van der Waals surface area contributed by atoms with Crippen LogP contribution in [0, 0.1) is 50.9 Å². The van der Waals surface area contributed by atoms with Gasteiger partial charge in [0.15, 0.2) is 17.2 Å².